The van der Waals surface area contributed by atoms with E-state index in [2.05, 4.69) is 0 Å². The Labute approximate surface area is 145 Å². The summed E-state index contributed by atoms with van der Waals surface area (Å²) in [6.45, 7) is 3.19. The first-order chi connectivity index (χ1) is 11.8. The number of ether oxygens (including phenoxy) is 2. The predicted molar refractivity (Wildman–Crippen MR) is 86.9 cm³/mol. The molecular formula is C18H24F3NO3. The molecule has 1 fully saturated rings. The molecule has 1 aromatic rings. The largest absolute Gasteiger partial charge is 0.466 e. The van der Waals surface area contributed by atoms with Gasteiger partial charge in [-0.25, -0.2) is 0 Å². The highest BCUT2D eigenvalue weighted by molar-refractivity contribution is 5.75. The maximum absolute atomic E-state index is 13.9. The van der Waals surface area contributed by atoms with Gasteiger partial charge in [-0.3, -0.25) is 9.69 Å². The highest BCUT2D eigenvalue weighted by Gasteiger charge is 2.67. The molecule has 0 unspecified atom stereocenters. The molecule has 0 radical (unpaired) electrons. The maximum atomic E-state index is 13.9. The number of likely N-dealkylation sites (tertiary alicyclic amines) is 1. The standard InChI is InChI=1S/C18H24F3NO3/c1-3-10-25-17(18(19,20)21)13-22(11-14-8-6-5-7-9-14)12-15(17)16(23)24-4-2/h5-9,15H,3-4,10-13H2,1-2H3/t15-,17-/m0/s1. The van der Waals surface area contributed by atoms with Crippen molar-refractivity contribution in [2.75, 3.05) is 26.3 Å². The average molecular weight is 359 g/mol. The lowest BCUT2D eigenvalue weighted by molar-refractivity contribution is -0.286. The monoisotopic (exact) mass is 359 g/mol. The number of carbonyl (C=O) groups is 1. The number of benzene rings is 1. The van der Waals surface area contributed by atoms with E-state index in [-0.39, 0.29) is 26.3 Å². The minimum atomic E-state index is -4.66. The molecular weight excluding hydrogens is 335 g/mol. The van der Waals surface area contributed by atoms with Gasteiger partial charge in [0.2, 0.25) is 0 Å². The van der Waals surface area contributed by atoms with Gasteiger partial charge >= 0.3 is 12.1 Å². The molecule has 1 saturated heterocycles. The van der Waals surface area contributed by atoms with Gasteiger partial charge in [-0.1, -0.05) is 37.3 Å². The number of esters is 1. The van der Waals surface area contributed by atoms with E-state index in [0.29, 0.717) is 13.0 Å². The molecule has 2 atom stereocenters. The second-order valence-electron chi connectivity index (χ2n) is 6.20. The summed E-state index contributed by atoms with van der Waals surface area (Å²) in [5, 5.41) is 0. The van der Waals surface area contributed by atoms with Gasteiger partial charge in [0.15, 0.2) is 5.60 Å². The van der Waals surface area contributed by atoms with Crippen LogP contribution in [0, 0.1) is 5.92 Å². The second kappa shape index (κ2) is 8.19. The molecule has 1 aromatic carbocycles. The summed E-state index contributed by atoms with van der Waals surface area (Å²) in [5.41, 5.74) is -1.64. The Kier molecular flexibility index (Phi) is 6.46. The van der Waals surface area contributed by atoms with Crippen LogP contribution in [0.1, 0.15) is 25.8 Å². The summed E-state index contributed by atoms with van der Waals surface area (Å²) in [6.07, 6.45) is -4.23. The molecule has 0 bridgehead atoms. The number of nitrogens with zero attached hydrogens (tertiary/aromatic N) is 1. The Hall–Kier alpha value is -1.60. The van der Waals surface area contributed by atoms with Gasteiger partial charge in [-0.15, -0.1) is 0 Å². The third kappa shape index (κ3) is 4.33. The Morgan fingerprint density at radius 2 is 1.96 bits per heavy atom. The van der Waals surface area contributed by atoms with Crippen LogP contribution < -0.4 is 0 Å². The highest BCUT2D eigenvalue weighted by atomic mass is 19.4. The lowest BCUT2D eigenvalue weighted by Crippen LogP contribution is -2.56. The Balaban J connectivity index is 2.29. The van der Waals surface area contributed by atoms with Crippen LogP contribution in [0.2, 0.25) is 0 Å². The molecule has 1 aliphatic heterocycles. The topological polar surface area (TPSA) is 38.8 Å². The summed E-state index contributed by atoms with van der Waals surface area (Å²) in [5.74, 6) is -2.24. The van der Waals surface area contributed by atoms with Crippen LogP contribution in [-0.2, 0) is 20.8 Å². The van der Waals surface area contributed by atoms with E-state index >= 15 is 0 Å². The number of halogens is 3. The molecule has 140 valence electrons. The average Bonchev–Trinajstić information content (AvgIpc) is 2.93. The first kappa shape index (κ1) is 19.7. The zero-order chi connectivity index (χ0) is 18.5. The van der Waals surface area contributed by atoms with Crippen LogP contribution in [0.15, 0.2) is 30.3 Å². The van der Waals surface area contributed by atoms with Crippen molar-refractivity contribution in [1.29, 1.82) is 0 Å². The van der Waals surface area contributed by atoms with Crippen LogP contribution in [0.25, 0.3) is 0 Å². The summed E-state index contributed by atoms with van der Waals surface area (Å²) in [7, 11) is 0. The summed E-state index contributed by atoms with van der Waals surface area (Å²) >= 11 is 0. The molecule has 0 spiro atoms. The van der Waals surface area contributed by atoms with Gasteiger partial charge in [0.1, 0.15) is 5.92 Å². The zero-order valence-electron chi connectivity index (χ0n) is 14.5. The summed E-state index contributed by atoms with van der Waals surface area (Å²) in [6, 6.07) is 9.21. The van der Waals surface area contributed by atoms with Crippen molar-refractivity contribution in [1.82, 2.24) is 4.90 Å². The summed E-state index contributed by atoms with van der Waals surface area (Å²) < 4.78 is 52.0. The van der Waals surface area contributed by atoms with Crippen LogP contribution in [0.5, 0.6) is 0 Å². The van der Waals surface area contributed by atoms with Gasteiger partial charge in [0.05, 0.1) is 6.61 Å². The molecule has 0 N–H and O–H groups in total. The van der Waals surface area contributed by atoms with Crippen LogP contribution in [-0.4, -0.2) is 48.9 Å². The molecule has 4 nitrogen and oxygen atoms in total. The zero-order valence-corrected chi connectivity index (χ0v) is 14.5. The SMILES string of the molecule is CCCO[C@@]1(C(F)(F)F)CN(Cc2ccccc2)C[C@H]1C(=O)OCC. The number of alkyl halides is 3. The van der Waals surface area contributed by atoms with Crippen LogP contribution in [0.3, 0.4) is 0 Å². The van der Waals surface area contributed by atoms with Crippen LogP contribution >= 0.6 is 0 Å². The normalized spacial score (nSPS) is 24.4. The second-order valence-corrected chi connectivity index (χ2v) is 6.20. The summed E-state index contributed by atoms with van der Waals surface area (Å²) in [4.78, 5) is 13.9. The maximum Gasteiger partial charge on any atom is 0.419 e. The van der Waals surface area contributed by atoms with Crippen molar-refractivity contribution < 1.29 is 27.4 Å². The van der Waals surface area contributed by atoms with E-state index in [0.717, 1.165) is 5.56 Å². The predicted octanol–water partition coefficient (Wildman–Crippen LogP) is 3.41. The minimum absolute atomic E-state index is 0.0374. The molecule has 2 rings (SSSR count). The van der Waals surface area contributed by atoms with Crippen molar-refractivity contribution in [2.24, 2.45) is 5.92 Å². The molecule has 0 saturated carbocycles. The van der Waals surface area contributed by atoms with Crippen LogP contribution in [0.4, 0.5) is 13.2 Å². The number of rotatable bonds is 7. The molecule has 25 heavy (non-hydrogen) atoms. The fourth-order valence-electron chi connectivity index (χ4n) is 3.18. The van der Waals surface area contributed by atoms with E-state index in [9.17, 15) is 18.0 Å². The lowest BCUT2D eigenvalue weighted by Gasteiger charge is -2.35. The molecule has 1 heterocycles. The van der Waals surface area contributed by atoms with Gasteiger partial charge in [-0.2, -0.15) is 13.2 Å². The minimum Gasteiger partial charge on any atom is -0.466 e. The molecule has 1 aliphatic rings. The molecule has 0 amide bonds. The molecule has 0 aliphatic carbocycles. The van der Waals surface area contributed by atoms with Crippen molar-refractivity contribution in [3.05, 3.63) is 35.9 Å². The van der Waals surface area contributed by atoms with E-state index in [1.54, 1.807) is 18.7 Å². The molecule has 0 aromatic heterocycles. The third-order valence-electron chi connectivity index (χ3n) is 4.33. The fraction of sp³-hybridized carbons (Fsp3) is 0.611. The van der Waals surface area contributed by atoms with E-state index in [1.165, 1.54) is 0 Å². The van der Waals surface area contributed by atoms with Crippen molar-refractivity contribution >= 4 is 5.97 Å². The first-order valence-corrected chi connectivity index (χ1v) is 8.47. The number of hydrogen-bond donors (Lipinski definition) is 0. The van der Waals surface area contributed by atoms with Gasteiger partial charge < -0.3 is 9.47 Å². The van der Waals surface area contributed by atoms with Gasteiger partial charge in [-0.05, 0) is 18.9 Å². The van der Waals surface area contributed by atoms with Crippen molar-refractivity contribution in [3.63, 3.8) is 0 Å². The van der Waals surface area contributed by atoms with Gasteiger partial charge in [0, 0.05) is 26.2 Å². The third-order valence-corrected chi connectivity index (χ3v) is 4.33. The smallest absolute Gasteiger partial charge is 0.419 e. The lowest BCUT2D eigenvalue weighted by atomic mass is 9.89. The molecule has 7 heteroatoms. The van der Waals surface area contributed by atoms with E-state index in [1.807, 2.05) is 30.3 Å². The van der Waals surface area contributed by atoms with Crippen molar-refractivity contribution in [2.45, 2.75) is 38.6 Å². The number of carbonyl (C=O) groups excluding carboxylic acids is 1. The first-order valence-electron chi connectivity index (χ1n) is 8.47. The highest BCUT2D eigenvalue weighted by Crippen LogP contribution is 2.45. The quantitative estimate of drug-likeness (QED) is 0.700. The van der Waals surface area contributed by atoms with E-state index < -0.39 is 23.7 Å². The van der Waals surface area contributed by atoms with Crippen molar-refractivity contribution in [3.8, 4) is 0 Å². The Bertz CT molecular complexity index is 564. The Morgan fingerprint density at radius 1 is 1.28 bits per heavy atom. The van der Waals surface area contributed by atoms with E-state index in [4.69, 9.17) is 9.47 Å². The number of hydrogen-bond acceptors (Lipinski definition) is 4. The Morgan fingerprint density at radius 3 is 2.52 bits per heavy atom. The van der Waals surface area contributed by atoms with Gasteiger partial charge in [0.25, 0.3) is 0 Å². The fourth-order valence-corrected chi connectivity index (χ4v) is 3.18.